The number of carbonyl (C=O) groups excluding carboxylic acids is 1. The monoisotopic (exact) mass is 249 g/mol. The summed E-state index contributed by atoms with van der Waals surface area (Å²) >= 11 is 1.50. The van der Waals surface area contributed by atoms with Gasteiger partial charge in [0.25, 0.3) is 0 Å². The second kappa shape index (κ2) is 5.23. The number of carbonyl (C=O) groups is 1. The van der Waals surface area contributed by atoms with Gasteiger partial charge in [-0.15, -0.1) is 11.8 Å². The van der Waals surface area contributed by atoms with Crippen LogP contribution in [0.25, 0.3) is 0 Å². The maximum absolute atomic E-state index is 11.5. The SMILES string of the molecule is N=C(N)c1ccc(SCC(=O)NC2CC2)cc1. The quantitative estimate of drug-likeness (QED) is 0.418. The maximum atomic E-state index is 11.5. The molecule has 1 aliphatic rings. The number of thioether (sulfide) groups is 1. The van der Waals surface area contributed by atoms with Crippen LogP contribution in [0.1, 0.15) is 18.4 Å². The average Bonchev–Trinajstić information content (AvgIpc) is 3.11. The molecule has 0 aromatic heterocycles. The Bertz CT molecular complexity index is 426. The van der Waals surface area contributed by atoms with Gasteiger partial charge >= 0.3 is 0 Å². The fraction of sp³-hybridized carbons (Fsp3) is 0.333. The van der Waals surface area contributed by atoms with E-state index in [2.05, 4.69) is 5.32 Å². The third-order valence-electron chi connectivity index (χ3n) is 2.48. The van der Waals surface area contributed by atoms with Crippen LogP contribution in [0.15, 0.2) is 29.2 Å². The Morgan fingerprint density at radius 1 is 1.41 bits per heavy atom. The Kier molecular flexibility index (Phi) is 3.68. The number of nitrogens with two attached hydrogens (primary N) is 1. The van der Waals surface area contributed by atoms with Crippen LogP contribution >= 0.6 is 11.8 Å². The molecule has 1 amide bonds. The van der Waals surface area contributed by atoms with E-state index >= 15 is 0 Å². The smallest absolute Gasteiger partial charge is 0.230 e. The first-order valence-corrected chi connectivity index (χ1v) is 6.50. The minimum atomic E-state index is 0.0630. The first-order chi connectivity index (χ1) is 8.15. The van der Waals surface area contributed by atoms with E-state index in [4.69, 9.17) is 11.1 Å². The van der Waals surface area contributed by atoms with Gasteiger partial charge in [-0.3, -0.25) is 10.2 Å². The first-order valence-electron chi connectivity index (χ1n) is 5.52. The van der Waals surface area contributed by atoms with Crippen molar-refractivity contribution in [3.63, 3.8) is 0 Å². The number of hydrogen-bond donors (Lipinski definition) is 3. The molecular formula is C12H15N3OS. The van der Waals surface area contributed by atoms with Gasteiger partial charge in [-0.1, -0.05) is 12.1 Å². The lowest BCUT2D eigenvalue weighted by Gasteiger charge is -2.04. The summed E-state index contributed by atoms with van der Waals surface area (Å²) in [6.45, 7) is 0. The van der Waals surface area contributed by atoms with Gasteiger partial charge < -0.3 is 11.1 Å². The van der Waals surface area contributed by atoms with Crippen molar-refractivity contribution in [1.82, 2.24) is 5.32 Å². The van der Waals surface area contributed by atoms with Gasteiger partial charge in [0.15, 0.2) is 0 Å². The van der Waals surface area contributed by atoms with Gasteiger partial charge in [0, 0.05) is 16.5 Å². The van der Waals surface area contributed by atoms with Gasteiger partial charge in [0.05, 0.1) is 5.75 Å². The Labute approximate surface area is 104 Å². The topological polar surface area (TPSA) is 79.0 Å². The van der Waals surface area contributed by atoms with Crippen LogP contribution in [0.2, 0.25) is 0 Å². The standard InChI is InChI=1S/C12H15N3OS/c13-12(14)8-1-5-10(6-2-8)17-7-11(16)15-9-3-4-9/h1-2,5-6,9H,3-4,7H2,(H3,13,14)(H,15,16). The number of hydrogen-bond acceptors (Lipinski definition) is 3. The third kappa shape index (κ3) is 3.78. The molecule has 1 saturated carbocycles. The maximum Gasteiger partial charge on any atom is 0.230 e. The van der Waals surface area contributed by atoms with E-state index in [9.17, 15) is 4.79 Å². The summed E-state index contributed by atoms with van der Waals surface area (Å²) in [5.41, 5.74) is 6.07. The summed E-state index contributed by atoms with van der Waals surface area (Å²) in [6.07, 6.45) is 2.23. The van der Waals surface area contributed by atoms with E-state index in [1.165, 1.54) is 11.8 Å². The number of amidine groups is 1. The van der Waals surface area contributed by atoms with Crippen molar-refractivity contribution in [1.29, 1.82) is 5.41 Å². The predicted octanol–water partition coefficient (Wildman–Crippen LogP) is 1.34. The molecule has 0 radical (unpaired) electrons. The fourth-order valence-electron chi connectivity index (χ4n) is 1.38. The van der Waals surface area contributed by atoms with Crippen LogP contribution in [0, 0.1) is 5.41 Å². The van der Waals surface area contributed by atoms with Crippen LogP contribution < -0.4 is 11.1 Å². The number of amides is 1. The summed E-state index contributed by atoms with van der Waals surface area (Å²) in [4.78, 5) is 12.5. The van der Waals surface area contributed by atoms with Crippen LogP contribution in [-0.2, 0) is 4.79 Å². The van der Waals surface area contributed by atoms with Gasteiger partial charge in [-0.2, -0.15) is 0 Å². The van der Waals surface area contributed by atoms with Crippen molar-refractivity contribution in [2.45, 2.75) is 23.8 Å². The molecule has 0 spiro atoms. The Hall–Kier alpha value is -1.49. The highest BCUT2D eigenvalue weighted by atomic mass is 32.2. The molecule has 0 bridgehead atoms. The third-order valence-corrected chi connectivity index (χ3v) is 3.49. The summed E-state index contributed by atoms with van der Waals surface area (Å²) < 4.78 is 0. The molecule has 1 aromatic carbocycles. The first kappa shape index (κ1) is 12.0. The van der Waals surface area contributed by atoms with Crippen molar-refractivity contribution in [2.24, 2.45) is 5.73 Å². The molecule has 0 atom stereocenters. The molecule has 17 heavy (non-hydrogen) atoms. The second-order valence-electron chi connectivity index (χ2n) is 4.07. The normalized spacial score (nSPS) is 14.4. The lowest BCUT2D eigenvalue weighted by atomic mass is 10.2. The van der Waals surface area contributed by atoms with Crippen LogP contribution in [0.3, 0.4) is 0 Å². The zero-order chi connectivity index (χ0) is 12.3. The fourth-order valence-corrected chi connectivity index (χ4v) is 2.09. The molecule has 2 rings (SSSR count). The van der Waals surface area contributed by atoms with Crippen LogP contribution in [0.5, 0.6) is 0 Å². The summed E-state index contributed by atoms with van der Waals surface area (Å²) in [5, 5.41) is 10.2. The molecule has 1 fully saturated rings. The van der Waals surface area contributed by atoms with E-state index in [1.54, 1.807) is 12.1 Å². The van der Waals surface area contributed by atoms with Gasteiger partial charge in [-0.05, 0) is 25.0 Å². The predicted molar refractivity (Wildman–Crippen MR) is 69.3 cm³/mol. The van der Waals surface area contributed by atoms with E-state index in [1.807, 2.05) is 12.1 Å². The van der Waals surface area contributed by atoms with E-state index in [0.717, 1.165) is 17.7 Å². The molecule has 1 aliphatic carbocycles. The molecule has 0 aliphatic heterocycles. The van der Waals surface area contributed by atoms with Crippen molar-refractivity contribution in [3.05, 3.63) is 29.8 Å². The van der Waals surface area contributed by atoms with Gasteiger partial charge in [0.1, 0.15) is 5.84 Å². The molecule has 0 heterocycles. The zero-order valence-electron chi connectivity index (χ0n) is 9.40. The molecule has 0 unspecified atom stereocenters. The van der Waals surface area contributed by atoms with Crippen molar-refractivity contribution < 1.29 is 4.79 Å². The van der Waals surface area contributed by atoms with Crippen molar-refractivity contribution >= 4 is 23.5 Å². The average molecular weight is 249 g/mol. The highest BCUT2D eigenvalue weighted by molar-refractivity contribution is 8.00. The van der Waals surface area contributed by atoms with Gasteiger partial charge in [-0.25, -0.2) is 0 Å². The van der Waals surface area contributed by atoms with Crippen molar-refractivity contribution in [3.8, 4) is 0 Å². The molecular weight excluding hydrogens is 234 g/mol. The minimum absolute atomic E-state index is 0.0630. The minimum Gasteiger partial charge on any atom is -0.384 e. The molecule has 5 heteroatoms. The van der Waals surface area contributed by atoms with Crippen LogP contribution in [0.4, 0.5) is 0 Å². The van der Waals surface area contributed by atoms with Crippen LogP contribution in [-0.4, -0.2) is 23.5 Å². The Morgan fingerprint density at radius 2 is 2.06 bits per heavy atom. The largest absolute Gasteiger partial charge is 0.384 e. The summed E-state index contributed by atoms with van der Waals surface area (Å²) in [6, 6.07) is 7.77. The van der Waals surface area contributed by atoms with E-state index < -0.39 is 0 Å². The number of nitrogen functional groups attached to an aromatic ring is 1. The van der Waals surface area contributed by atoms with E-state index in [0.29, 0.717) is 17.4 Å². The Morgan fingerprint density at radius 3 is 2.59 bits per heavy atom. The summed E-state index contributed by atoms with van der Waals surface area (Å²) in [7, 11) is 0. The highest BCUT2D eigenvalue weighted by Gasteiger charge is 2.22. The number of nitrogens with one attached hydrogen (secondary N) is 2. The Balaban J connectivity index is 1.81. The second-order valence-corrected chi connectivity index (χ2v) is 5.12. The number of benzene rings is 1. The molecule has 4 nitrogen and oxygen atoms in total. The molecule has 1 aromatic rings. The lowest BCUT2D eigenvalue weighted by molar-refractivity contribution is -0.118. The summed E-state index contributed by atoms with van der Waals surface area (Å²) in [5.74, 6) is 0.594. The zero-order valence-corrected chi connectivity index (χ0v) is 10.2. The molecule has 0 saturated heterocycles. The van der Waals surface area contributed by atoms with Gasteiger partial charge in [0.2, 0.25) is 5.91 Å². The lowest BCUT2D eigenvalue weighted by Crippen LogP contribution is -2.26. The molecule has 90 valence electrons. The highest BCUT2D eigenvalue weighted by Crippen LogP contribution is 2.21. The number of rotatable bonds is 5. The molecule has 4 N–H and O–H groups in total. The van der Waals surface area contributed by atoms with E-state index in [-0.39, 0.29) is 11.7 Å². The van der Waals surface area contributed by atoms with Crippen molar-refractivity contribution in [2.75, 3.05) is 5.75 Å².